The van der Waals surface area contributed by atoms with Gasteiger partial charge in [-0.25, -0.2) is 4.79 Å². The van der Waals surface area contributed by atoms with Crippen molar-refractivity contribution in [1.29, 1.82) is 0 Å². The third-order valence-corrected chi connectivity index (χ3v) is 4.89. The number of nitrogens with zero attached hydrogens (tertiary/aromatic N) is 1. The standard InChI is InChI=1S/C18H17BrN4O2/c1-11-17(19)14-4-2-3-5-15(14)23(11)10-16(24)21-12-6-8-13(9-7-12)22-18(20)25/h2-9H,10H2,1H3,(H,21,24)(H3,20,22,25). The van der Waals surface area contributed by atoms with Gasteiger partial charge in [-0.1, -0.05) is 18.2 Å². The van der Waals surface area contributed by atoms with Crippen molar-refractivity contribution in [3.05, 3.63) is 58.7 Å². The summed E-state index contributed by atoms with van der Waals surface area (Å²) in [6.07, 6.45) is 0. The van der Waals surface area contributed by atoms with Crippen molar-refractivity contribution in [1.82, 2.24) is 4.57 Å². The molecule has 4 N–H and O–H groups in total. The van der Waals surface area contributed by atoms with Gasteiger partial charge in [0.25, 0.3) is 0 Å². The van der Waals surface area contributed by atoms with Gasteiger partial charge in [-0.3, -0.25) is 4.79 Å². The molecule has 128 valence electrons. The summed E-state index contributed by atoms with van der Waals surface area (Å²) in [5.41, 5.74) is 8.28. The number of para-hydroxylation sites is 1. The highest BCUT2D eigenvalue weighted by molar-refractivity contribution is 9.10. The van der Waals surface area contributed by atoms with Crippen LogP contribution < -0.4 is 16.4 Å². The maximum Gasteiger partial charge on any atom is 0.316 e. The van der Waals surface area contributed by atoms with E-state index in [1.807, 2.05) is 35.8 Å². The summed E-state index contributed by atoms with van der Waals surface area (Å²) in [5, 5.41) is 6.40. The molecule has 7 heteroatoms. The Kier molecular flexibility index (Phi) is 4.76. The Labute approximate surface area is 153 Å². The van der Waals surface area contributed by atoms with E-state index in [2.05, 4.69) is 26.6 Å². The highest BCUT2D eigenvalue weighted by atomic mass is 79.9. The van der Waals surface area contributed by atoms with E-state index in [1.54, 1.807) is 24.3 Å². The molecule has 0 aliphatic carbocycles. The number of carbonyl (C=O) groups is 2. The fourth-order valence-corrected chi connectivity index (χ4v) is 3.27. The van der Waals surface area contributed by atoms with Gasteiger partial charge in [-0.15, -0.1) is 0 Å². The summed E-state index contributed by atoms with van der Waals surface area (Å²) < 4.78 is 2.97. The molecule has 2 aromatic carbocycles. The van der Waals surface area contributed by atoms with Gasteiger partial charge >= 0.3 is 6.03 Å². The number of hydrogen-bond donors (Lipinski definition) is 3. The van der Waals surface area contributed by atoms with Crippen molar-refractivity contribution in [2.24, 2.45) is 5.73 Å². The Morgan fingerprint density at radius 1 is 1.04 bits per heavy atom. The number of fused-ring (bicyclic) bond motifs is 1. The van der Waals surface area contributed by atoms with Crippen LogP contribution in [0.2, 0.25) is 0 Å². The van der Waals surface area contributed by atoms with E-state index in [0.717, 1.165) is 21.1 Å². The van der Waals surface area contributed by atoms with Crippen LogP contribution >= 0.6 is 15.9 Å². The molecule has 0 aliphatic heterocycles. The van der Waals surface area contributed by atoms with E-state index < -0.39 is 6.03 Å². The lowest BCUT2D eigenvalue weighted by Gasteiger charge is -2.10. The number of urea groups is 1. The number of hydrogen-bond acceptors (Lipinski definition) is 2. The van der Waals surface area contributed by atoms with Crippen molar-refractivity contribution in [3.8, 4) is 0 Å². The number of nitrogens with two attached hydrogens (primary N) is 1. The van der Waals surface area contributed by atoms with Crippen LogP contribution in [-0.4, -0.2) is 16.5 Å². The van der Waals surface area contributed by atoms with Crippen LogP contribution in [0.1, 0.15) is 5.69 Å². The predicted octanol–water partition coefficient (Wildman–Crippen LogP) is 3.84. The molecule has 0 bridgehead atoms. The second-order valence-electron chi connectivity index (χ2n) is 5.62. The third-order valence-electron chi connectivity index (χ3n) is 3.89. The van der Waals surface area contributed by atoms with E-state index in [4.69, 9.17) is 5.73 Å². The van der Waals surface area contributed by atoms with Gasteiger partial charge < -0.3 is 20.9 Å². The van der Waals surface area contributed by atoms with Crippen molar-refractivity contribution < 1.29 is 9.59 Å². The predicted molar refractivity (Wildman–Crippen MR) is 103 cm³/mol. The fourth-order valence-electron chi connectivity index (χ4n) is 2.72. The first kappa shape index (κ1) is 17.0. The second kappa shape index (κ2) is 6.98. The molecule has 1 heterocycles. The zero-order valence-corrected chi connectivity index (χ0v) is 15.1. The number of benzene rings is 2. The average molecular weight is 401 g/mol. The molecule has 0 unspecified atom stereocenters. The Morgan fingerprint density at radius 2 is 1.64 bits per heavy atom. The molecule has 0 fully saturated rings. The summed E-state index contributed by atoms with van der Waals surface area (Å²) in [4.78, 5) is 23.2. The number of aromatic nitrogens is 1. The molecule has 1 aromatic heterocycles. The van der Waals surface area contributed by atoms with Gasteiger partial charge in [0.1, 0.15) is 6.54 Å². The second-order valence-corrected chi connectivity index (χ2v) is 6.41. The average Bonchev–Trinajstić information content (AvgIpc) is 2.82. The zero-order valence-electron chi connectivity index (χ0n) is 13.5. The Bertz CT molecular complexity index is 948. The Morgan fingerprint density at radius 3 is 2.28 bits per heavy atom. The summed E-state index contributed by atoms with van der Waals surface area (Å²) in [6, 6.07) is 14.1. The van der Waals surface area contributed by atoms with Crippen LogP contribution in [0, 0.1) is 6.92 Å². The highest BCUT2D eigenvalue weighted by Crippen LogP contribution is 2.30. The minimum Gasteiger partial charge on any atom is -0.351 e. The molecule has 0 atom stereocenters. The lowest BCUT2D eigenvalue weighted by Crippen LogP contribution is -2.20. The van der Waals surface area contributed by atoms with E-state index in [1.165, 1.54) is 0 Å². The summed E-state index contributed by atoms with van der Waals surface area (Å²) in [5.74, 6) is -0.132. The SMILES string of the molecule is Cc1c(Br)c2ccccc2n1CC(=O)Nc1ccc(NC(N)=O)cc1. The molecular weight excluding hydrogens is 384 g/mol. The van der Waals surface area contributed by atoms with Gasteiger partial charge in [0.15, 0.2) is 0 Å². The van der Waals surface area contributed by atoms with E-state index >= 15 is 0 Å². The minimum atomic E-state index is -0.627. The molecule has 0 spiro atoms. The largest absolute Gasteiger partial charge is 0.351 e. The van der Waals surface area contributed by atoms with Crippen molar-refractivity contribution in [2.75, 3.05) is 10.6 Å². The number of anilines is 2. The van der Waals surface area contributed by atoms with Crippen molar-refractivity contribution in [2.45, 2.75) is 13.5 Å². The number of halogens is 1. The minimum absolute atomic E-state index is 0.132. The van der Waals surface area contributed by atoms with E-state index in [0.29, 0.717) is 11.4 Å². The van der Waals surface area contributed by atoms with Crippen LogP contribution in [-0.2, 0) is 11.3 Å². The summed E-state index contributed by atoms with van der Waals surface area (Å²) >= 11 is 3.59. The lowest BCUT2D eigenvalue weighted by atomic mass is 10.2. The first-order valence-corrected chi connectivity index (χ1v) is 8.44. The van der Waals surface area contributed by atoms with Gasteiger partial charge in [-0.2, -0.15) is 0 Å². The first-order valence-electron chi connectivity index (χ1n) is 7.65. The van der Waals surface area contributed by atoms with Crippen LogP contribution in [0.15, 0.2) is 53.0 Å². The van der Waals surface area contributed by atoms with Gasteiger partial charge in [-0.05, 0) is 53.2 Å². The summed E-state index contributed by atoms with van der Waals surface area (Å²) in [6.45, 7) is 2.18. The number of nitrogens with one attached hydrogen (secondary N) is 2. The normalized spacial score (nSPS) is 10.6. The van der Waals surface area contributed by atoms with Crippen LogP contribution in [0.25, 0.3) is 10.9 Å². The summed E-state index contributed by atoms with van der Waals surface area (Å²) in [7, 11) is 0. The van der Waals surface area contributed by atoms with E-state index in [-0.39, 0.29) is 12.5 Å². The van der Waals surface area contributed by atoms with Crippen LogP contribution in [0.3, 0.4) is 0 Å². The molecule has 0 saturated carbocycles. The quantitative estimate of drug-likeness (QED) is 0.620. The van der Waals surface area contributed by atoms with Gasteiger partial charge in [0, 0.05) is 32.4 Å². The molecule has 0 radical (unpaired) electrons. The molecule has 3 rings (SSSR count). The number of carbonyl (C=O) groups excluding carboxylic acids is 2. The molecular formula is C18H17BrN4O2. The fraction of sp³-hybridized carbons (Fsp3) is 0.111. The molecule has 25 heavy (non-hydrogen) atoms. The number of primary amides is 1. The molecule has 3 aromatic rings. The Hall–Kier alpha value is -2.80. The number of rotatable bonds is 4. The molecule has 3 amide bonds. The van der Waals surface area contributed by atoms with Crippen LogP contribution in [0.5, 0.6) is 0 Å². The smallest absolute Gasteiger partial charge is 0.316 e. The van der Waals surface area contributed by atoms with Gasteiger partial charge in [0.05, 0.1) is 0 Å². The Balaban J connectivity index is 1.75. The topological polar surface area (TPSA) is 89.2 Å². The first-order chi connectivity index (χ1) is 12.0. The number of amides is 3. The van der Waals surface area contributed by atoms with Crippen molar-refractivity contribution >= 4 is 50.1 Å². The highest BCUT2D eigenvalue weighted by Gasteiger charge is 2.14. The molecule has 6 nitrogen and oxygen atoms in total. The maximum atomic E-state index is 12.4. The maximum absolute atomic E-state index is 12.4. The molecule has 0 aliphatic rings. The lowest BCUT2D eigenvalue weighted by molar-refractivity contribution is -0.116. The monoisotopic (exact) mass is 400 g/mol. The third kappa shape index (κ3) is 3.66. The van der Waals surface area contributed by atoms with Crippen LogP contribution in [0.4, 0.5) is 16.2 Å². The zero-order chi connectivity index (χ0) is 18.0. The van der Waals surface area contributed by atoms with E-state index in [9.17, 15) is 9.59 Å². The molecule has 0 saturated heterocycles. The van der Waals surface area contributed by atoms with Gasteiger partial charge in [0.2, 0.25) is 5.91 Å². The van der Waals surface area contributed by atoms with Crippen molar-refractivity contribution in [3.63, 3.8) is 0 Å².